The lowest BCUT2D eigenvalue weighted by atomic mass is 9.96. The minimum atomic E-state index is -0.485. The SMILES string of the molecule is Cc1cccc2c1NC(=O)C(C)(C)N2C. The van der Waals surface area contributed by atoms with E-state index < -0.39 is 5.54 Å². The molecule has 80 valence electrons. The molecule has 0 radical (unpaired) electrons. The Balaban J connectivity index is 2.61. The van der Waals surface area contributed by atoms with Gasteiger partial charge in [0.1, 0.15) is 5.54 Å². The van der Waals surface area contributed by atoms with Crippen LogP contribution in [0.2, 0.25) is 0 Å². The zero-order valence-electron chi connectivity index (χ0n) is 9.59. The molecule has 1 aliphatic heterocycles. The topological polar surface area (TPSA) is 32.3 Å². The van der Waals surface area contributed by atoms with Crippen molar-refractivity contribution < 1.29 is 4.79 Å². The third-order valence-electron chi connectivity index (χ3n) is 3.24. The van der Waals surface area contributed by atoms with Crippen LogP contribution < -0.4 is 10.2 Å². The summed E-state index contributed by atoms with van der Waals surface area (Å²) in [5.74, 6) is 0.0480. The van der Waals surface area contributed by atoms with Gasteiger partial charge >= 0.3 is 0 Å². The minimum absolute atomic E-state index is 0.0480. The fraction of sp³-hybridized carbons (Fsp3) is 0.417. The van der Waals surface area contributed by atoms with Crippen molar-refractivity contribution >= 4 is 17.3 Å². The first-order valence-electron chi connectivity index (χ1n) is 5.09. The van der Waals surface area contributed by atoms with Crippen molar-refractivity contribution in [3.63, 3.8) is 0 Å². The number of hydrogen-bond donors (Lipinski definition) is 1. The number of rotatable bonds is 0. The van der Waals surface area contributed by atoms with Crippen molar-refractivity contribution in [2.45, 2.75) is 26.3 Å². The van der Waals surface area contributed by atoms with Crippen LogP contribution in [0, 0.1) is 6.92 Å². The highest BCUT2D eigenvalue weighted by molar-refractivity contribution is 6.06. The molecule has 0 aromatic heterocycles. The van der Waals surface area contributed by atoms with Gasteiger partial charge in [-0.2, -0.15) is 0 Å². The molecule has 0 unspecified atom stereocenters. The Morgan fingerprint density at radius 3 is 2.67 bits per heavy atom. The van der Waals surface area contributed by atoms with Gasteiger partial charge < -0.3 is 10.2 Å². The molecule has 1 heterocycles. The third kappa shape index (κ3) is 1.30. The highest BCUT2D eigenvalue weighted by atomic mass is 16.2. The number of hydrogen-bond acceptors (Lipinski definition) is 2. The molecule has 0 spiro atoms. The Kier molecular flexibility index (Phi) is 2.00. The van der Waals surface area contributed by atoms with Crippen LogP contribution in [0.1, 0.15) is 19.4 Å². The fourth-order valence-electron chi connectivity index (χ4n) is 1.81. The molecule has 1 amide bonds. The summed E-state index contributed by atoms with van der Waals surface area (Å²) in [7, 11) is 1.96. The zero-order chi connectivity index (χ0) is 11.2. The predicted octanol–water partition coefficient (Wildman–Crippen LogP) is 2.16. The zero-order valence-corrected chi connectivity index (χ0v) is 9.59. The van der Waals surface area contributed by atoms with Crippen molar-refractivity contribution in [2.75, 3.05) is 17.3 Å². The molecule has 0 saturated heterocycles. The first-order valence-corrected chi connectivity index (χ1v) is 5.09. The second-order valence-corrected chi connectivity index (χ2v) is 4.54. The van der Waals surface area contributed by atoms with Crippen LogP contribution in [0.25, 0.3) is 0 Å². The van der Waals surface area contributed by atoms with Crippen LogP contribution in [-0.4, -0.2) is 18.5 Å². The van der Waals surface area contributed by atoms with E-state index in [4.69, 9.17) is 0 Å². The number of nitrogens with one attached hydrogen (secondary N) is 1. The Labute approximate surface area is 90.1 Å². The summed E-state index contributed by atoms with van der Waals surface area (Å²) in [5, 5.41) is 2.97. The summed E-state index contributed by atoms with van der Waals surface area (Å²) in [6.45, 7) is 5.85. The summed E-state index contributed by atoms with van der Waals surface area (Å²) in [4.78, 5) is 13.9. The number of fused-ring (bicyclic) bond motifs is 1. The van der Waals surface area contributed by atoms with Crippen molar-refractivity contribution in [3.05, 3.63) is 23.8 Å². The first-order chi connectivity index (χ1) is 6.94. The van der Waals surface area contributed by atoms with Crippen molar-refractivity contribution in [2.24, 2.45) is 0 Å². The molecule has 1 aliphatic rings. The Hall–Kier alpha value is -1.51. The van der Waals surface area contributed by atoms with Crippen molar-refractivity contribution in [1.29, 1.82) is 0 Å². The molecular weight excluding hydrogens is 188 g/mol. The number of nitrogens with zero attached hydrogens (tertiary/aromatic N) is 1. The number of likely N-dealkylation sites (N-methyl/N-ethyl adjacent to an activating group) is 1. The lowest BCUT2D eigenvalue weighted by Crippen LogP contribution is -2.54. The van der Waals surface area contributed by atoms with Gasteiger partial charge in [0.15, 0.2) is 0 Å². The molecule has 0 bridgehead atoms. The minimum Gasteiger partial charge on any atom is -0.359 e. The number of benzene rings is 1. The molecule has 2 rings (SSSR count). The second-order valence-electron chi connectivity index (χ2n) is 4.54. The maximum atomic E-state index is 11.9. The quantitative estimate of drug-likeness (QED) is 0.702. The molecule has 1 N–H and O–H groups in total. The molecule has 3 heteroatoms. The van der Waals surface area contributed by atoms with Gasteiger partial charge in [-0.1, -0.05) is 12.1 Å². The van der Waals surface area contributed by atoms with Crippen LogP contribution in [-0.2, 0) is 4.79 Å². The van der Waals surface area contributed by atoms with E-state index >= 15 is 0 Å². The molecule has 0 saturated carbocycles. The summed E-state index contributed by atoms with van der Waals surface area (Å²) in [5.41, 5.74) is 2.63. The fourth-order valence-corrected chi connectivity index (χ4v) is 1.81. The Morgan fingerprint density at radius 2 is 2.00 bits per heavy atom. The van der Waals surface area contributed by atoms with E-state index in [2.05, 4.69) is 5.32 Å². The number of para-hydroxylation sites is 1. The standard InChI is InChI=1S/C12H16N2O/c1-8-6-5-7-9-10(8)13-11(15)12(2,3)14(9)4/h5-7H,1-4H3,(H,13,15). The van der Waals surface area contributed by atoms with Gasteiger partial charge in [-0.15, -0.1) is 0 Å². The number of amides is 1. The van der Waals surface area contributed by atoms with E-state index in [1.165, 1.54) is 0 Å². The molecule has 1 aromatic rings. The summed E-state index contributed by atoms with van der Waals surface area (Å²) in [6.07, 6.45) is 0. The van der Waals surface area contributed by atoms with Gasteiger partial charge in [-0.25, -0.2) is 0 Å². The number of anilines is 2. The predicted molar refractivity (Wildman–Crippen MR) is 62.3 cm³/mol. The molecule has 1 aromatic carbocycles. The summed E-state index contributed by atoms with van der Waals surface area (Å²) >= 11 is 0. The van der Waals surface area contributed by atoms with Crippen LogP contribution in [0.3, 0.4) is 0 Å². The molecule has 0 atom stereocenters. The lowest BCUT2D eigenvalue weighted by molar-refractivity contribution is -0.120. The van der Waals surface area contributed by atoms with E-state index in [1.807, 2.05) is 50.9 Å². The van der Waals surface area contributed by atoms with E-state index in [1.54, 1.807) is 0 Å². The molecule has 0 fully saturated rings. The molecular formula is C12H16N2O. The summed E-state index contributed by atoms with van der Waals surface area (Å²) in [6, 6.07) is 6.05. The Bertz CT molecular complexity index is 424. The normalized spacial score (nSPS) is 18.4. The van der Waals surface area contributed by atoms with E-state index in [0.717, 1.165) is 16.9 Å². The smallest absolute Gasteiger partial charge is 0.249 e. The van der Waals surface area contributed by atoms with E-state index in [9.17, 15) is 4.79 Å². The maximum absolute atomic E-state index is 11.9. The largest absolute Gasteiger partial charge is 0.359 e. The van der Waals surface area contributed by atoms with Crippen LogP contribution in [0.15, 0.2) is 18.2 Å². The number of aryl methyl sites for hydroxylation is 1. The highest BCUT2D eigenvalue weighted by Gasteiger charge is 2.38. The van der Waals surface area contributed by atoms with Crippen molar-refractivity contribution in [1.82, 2.24) is 0 Å². The highest BCUT2D eigenvalue weighted by Crippen LogP contribution is 2.37. The molecule has 15 heavy (non-hydrogen) atoms. The van der Waals surface area contributed by atoms with Gasteiger partial charge in [-0.3, -0.25) is 4.79 Å². The average Bonchev–Trinajstić information content (AvgIpc) is 2.18. The van der Waals surface area contributed by atoms with Gasteiger partial charge in [0.05, 0.1) is 11.4 Å². The number of carbonyl (C=O) groups is 1. The number of carbonyl (C=O) groups excluding carboxylic acids is 1. The third-order valence-corrected chi connectivity index (χ3v) is 3.24. The second kappa shape index (κ2) is 2.99. The van der Waals surface area contributed by atoms with Crippen molar-refractivity contribution in [3.8, 4) is 0 Å². The van der Waals surface area contributed by atoms with E-state index in [-0.39, 0.29) is 5.91 Å². The van der Waals surface area contributed by atoms with Gasteiger partial charge in [-0.05, 0) is 32.4 Å². The summed E-state index contributed by atoms with van der Waals surface area (Å²) < 4.78 is 0. The van der Waals surface area contributed by atoms with Gasteiger partial charge in [0.25, 0.3) is 0 Å². The maximum Gasteiger partial charge on any atom is 0.249 e. The van der Waals surface area contributed by atoms with Crippen LogP contribution in [0.5, 0.6) is 0 Å². The average molecular weight is 204 g/mol. The van der Waals surface area contributed by atoms with E-state index in [0.29, 0.717) is 0 Å². The van der Waals surface area contributed by atoms with Gasteiger partial charge in [0.2, 0.25) is 5.91 Å². The van der Waals surface area contributed by atoms with Crippen LogP contribution in [0.4, 0.5) is 11.4 Å². The molecule has 0 aliphatic carbocycles. The van der Waals surface area contributed by atoms with Crippen LogP contribution >= 0.6 is 0 Å². The lowest BCUT2D eigenvalue weighted by Gasteiger charge is -2.41. The Morgan fingerprint density at radius 1 is 1.33 bits per heavy atom. The van der Waals surface area contributed by atoms with Gasteiger partial charge in [0, 0.05) is 7.05 Å². The molecule has 3 nitrogen and oxygen atoms in total. The monoisotopic (exact) mass is 204 g/mol. The first kappa shape index (κ1) is 10.0.